The minimum absolute atomic E-state index is 0.0109. The lowest BCUT2D eigenvalue weighted by Gasteiger charge is -2.46. The van der Waals surface area contributed by atoms with Gasteiger partial charge in [-0.05, 0) is 97.7 Å². The SMILES string of the molecule is COC(=O)[C@H]1O[C@@H](O[C@H](COc2cccc3ncccc23)CN2CCN(C(=O)C(c3ccccc3)c3ccccc3)CC2)[C@H](OC(=O)C(C)(C)C)[C@@H](OC(=O)C(C)(C)C)[C@@H]1OC(=O)C(C)(C)C. The first-order valence-corrected chi connectivity index (χ1v) is 22.7. The Morgan fingerprint density at radius 1 is 0.657 bits per heavy atom. The molecule has 1 amide bonds. The molecule has 360 valence electrons. The van der Waals surface area contributed by atoms with Gasteiger partial charge in [0.1, 0.15) is 18.5 Å². The van der Waals surface area contributed by atoms with Gasteiger partial charge >= 0.3 is 23.9 Å². The van der Waals surface area contributed by atoms with Crippen molar-refractivity contribution in [3.63, 3.8) is 0 Å². The zero-order chi connectivity index (χ0) is 48.7. The first-order chi connectivity index (χ1) is 31.6. The van der Waals surface area contributed by atoms with Gasteiger partial charge < -0.3 is 38.1 Å². The van der Waals surface area contributed by atoms with E-state index < -0.39 is 82.8 Å². The summed E-state index contributed by atoms with van der Waals surface area (Å²) >= 11 is 0. The first kappa shape index (κ1) is 50.5. The van der Waals surface area contributed by atoms with Gasteiger partial charge in [-0.2, -0.15) is 0 Å². The van der Waals surface area contributed by atoms with Crippen LogP contribution in [0.4, 0.5) is 0 Å². The normalized spacial score (nSPS) is 21.0. The molecule has 67 heavy (non-hydrogen) atoms. The molecular weight excluding hydrogens is 859 g/mol. The maximum Gasteiger partial charge on any atom is 0.339 e. The summed E-state index contributed by atoms with van der Waals surface area (Å²) in [6.45, 7) is 16.7. The topological polar surface area (TPSA) is 169 Å². The van der Waals surface area contributed by atoms with Crippen molar-refractivity contribution in [1.29, 1.82) is 0 Å². The van der Waals surface area contributed by atoms with Crippen LogP contribution in [0.15, 0.2) is 97.2 Å². The van der Waals surface area contributed by atoms with Gasteiger partial charge in [0.05, 0.1) is 34.8 Å². The number of piperazine rings is 1. The van der Waals surface area contributed by atoms with Crippen LogP contribution in [-0.4, -0.2) is 128 Å². The first-order valence-electron chi connectivity index (χ1n) is 22.7. The van der Waals surface area contributed by atoms with E-state index in [-0.39, 0.29) is 19.1 Å². The summed E-state index contributed by atoms with van der Waals surface area (Å²) in [6, 6.07) is 28.7. The highest BCUT2D eigenvalue weighted by Crippen LogP contribution is 2.36. The summed E-state index contributed by atoms with van der Waals surface area (Å²) in [4.78, 5) is 77.8. The van der Waals surface area contributed by atoms with E-state index >= 15 is 0 Å². The lowest BCUT2D eigenvalue weighted by molar-refractivity contribution is -0.315. The predicted octanol–water partition coefficient (Wildman–Crippen LogP) is 6.75. The highest BCUT2D eigenvalue weighted by Gasteiger charge is 2.57. The number of benzene rings is 3. The maximum absolute atomic E-state index is 14.4. The summed E-state index contributed by atoms with van der Waals surface area (Å²) in [5.74, 6) is -3.08. The lowest BCUT2D eigenvalue weighted by Crippen LogP contribution is -2.65. The molecule has 0 aliphatic carbocycles. The van der Waals surface area contributed by atoms with E-state index in [1.807, 2.05) is 95.9 Å². The van der Waals surface area contributed by atoms with E-state index in [0.29, 0.717) is 37.4 Å². The van der Waals surface area contributed by atoms with Gasteiger partial charge in [0.15, 0.2) is 30.7 Å². The summed E-state index contributed by atoms with van der Waals surface area (Å²) < 4.78 is 43.2. The minimum Gasteiger partial charge on any atom is -0.490 e. The average molecular weight is 924 g/mol. The van der Waals surface area contributed by atoms with E-state index in [9.17, 15) is 24.0 Å². The van der Waals surface area contributed by atoms with Crippen LogP contribution >= 0.6 is 0 Å². The number of nitrogens with zero attached hydrogens (tertiary/aromatic N) is 3. The molecule has 6 atom stereocenters. The molecule has 3 aromatic carbocycles. The van der Waals surface area contributed by atoms with Gasteiger partial charge in [-0.1, -0.05) is 66.7 Å². The molecule has 6 rings (SSSR count). The molecule has 0 bridgehead atoms. The Morgan fingerprint density at radius 2 is 1.19 bits per heavy atom. The van der Waals surface area contributed by atoms with E-state index in [1.54, 1.807) is 68.5 Å². The molecule has 0 spiro atoms. The second kappa shape index (κ2) is 21.4. The molecule has 2 saturated heterocycles. The van der Waals surface area contributed by atoms with Gasteiger partial charge in [-0.3, -0.25) is 29.1 Å². The Labute approximate surface area is 393 Å². The van der Waals surface area contributed by atoms with Crippen molar-refractivity contribution in [1.82, 2.24) is 14.8 Å². The van der Waals surface area contributed by atoms with Gasteiger partial charge in [0, 0.05) is 44.3 Å². The molecule has 4 aromatic rings. The second-order valence-corrected chi connectivity index (χ2v) is 20.1. The van der Waals surface area contributed by atoms with E-state index in [0.717, 1.165) is 23.6 Å². The quantitative estimate of drug-likeness (QED) is 0.0962. The summed E-state index contributed by atoms with van der Waals surface area (Å²) in [7, 11) is 1.15. The Bertz CT molecular complexity index is 2290. The van der Waals surface area contributed by atoms with Gasteiger partial charge in [0.25, 0.3) is 0 Å². The zero-order valence-corrected chi connectivity index (χ0v) is 40.3. The molecule has 2 aliphatic rings. The van der Waals surface area contributed by atoms with Crippen molar-refractivity contribution in [3.05, 3.63) is 108 Å². The molecule has 15 nitrogen and oxygen atoms in total. The van der Waals surface area contributed by atoms with Gasteiger partial charge in [-0.25, -0.2) is 4.79 Å². The number of carbonyl (C=O) groups is 5. The number of fused-ring (bicyclic) bond motifs is 1. The number of amides is 1. The monoisotopic (exact) mass is 923 g/mol. The average Bonchev–Trinajstić information content (AvgIpc) is 3.29. The van der Waals surface area contributed by atoms with E-state index in [1.165, 1.54) is 0 Å². The van der Waals surface area contributed by atoms with Crippen LogP contribution in [0.25, 0.3) is 10.9 Å². The number of aromatic nitrogens is 1. The standard InChI is InChI=1S/C52H65N3O12/c1-50(2,3)47(58)65-40-41(66-48(59)51(4,5)6)43(67-49(60)52(7,8)9)46(64-42(40)45(57)61-10)63-35(32-62-38-25-17-24-37-36(38)23-18-26-53-37)31-54-27-29-55(30-28-54)44(56)39(33-19-13-11-14-20-33)34-21-15-12-16-22-34/h11-26,35,39-43,46H,27-32H2,1-10H3/t35-,40-,41-,42-,43+,46+/m0/s1. The zero-order valence-electron chi connectivity index (χ0n) is 40.3. The summed E-state index contributed by atoms with van der Waals surface area (Å²) in [5.41, 5.74) is -0.701. The van der Waals surface area contributed by atoms with Crippen LogP contribution in [0.3, 0.4) is 0 Å². The lowest BCUT2D eigenvalue weighted by atomic mass is 9.90. The van der Waals surface area contributed by atoms with E-state index in [2.05, 4.69) is 9.88 Å². The fourth-order valence-electron chi connectivity index (χ4n) is 7.61. The number of pyridine rings is 1. The molecule has 1 aromatic heterocycles. The predicted molar refractivity (Wildman–Crippen MR) is 249 cm³/mol. The number of hydrogen-bond acceptors (Lipinski definition) is 14. The highest BCUT2D eigenvalue weighted by molar-refractivity contribution is 5.87. The fraction of sp³-hybridized carbons (Fsp3) is 0.500. The van der Waals surface area contributed by atoms with Crippen LogP contribution in [-0.2, 0) is 52.4 Å². The van der Waals surface area contributed by atoms with Gasteiger partial charge in [0.2, 0.25) is 5.91 Å². The van der Waals surface area contributed by atoms with Crippen LogP contribution in [0, 0.1) is 16.2 Å². The third-order valence-corrected chi connectivity index (χ3v) is 11.5. The Morgan fingerprint density at radius 3 is 1.73 bits per heavy atom. The van der Waals surface area contributed by atoms with Crippen molar-refractivity contribution >= 4 is 40.7 Å². The molecule has 2 aliphatic heterocycles. The van der Waals surface area contributed by atoms with Crippen LogP contribution < -0.4 is 4.74 Å². The number of esters is 4. The van der Waals surface area contributed by atoms with Crippen molar-refractivity contribution < 1.29 is 57.1 Å². The van der Waals surface area contributed by atoms with Crippen molar-refractivity contribution in [2.75, 3.05) is 46.4 Å². The minimum atomic E-state index is -1.69. The molecule has 0 unspecified atom stereocenters. The number of methoxy groups -OCH3 is 1. The third kappa shape index (κ3) is 12.8. The number of ether oxygens (including phenoxy) is 7. The van der Waals surface area contributed by atoms with Crippen LogP contribution in [0.2, 0.25) is 0 Å². The molecule has 2 fully saturated rings. The summed E-state index contributed by atoms with van der Waals surface area (Å²) in [6.07, 6.45) is -7.26. The van der Waals surface area contributed by atoms with Crippen LogP contribution in [0.1, 0.15) is 79.4 Å². The summed E-state index contributed by atoms with van der Waals surface area (Å²) in [5, 5.41) is 0.761. The van der Waals surface area contributed by atoms with Crippen LogP contribution in [0.5, 0.6) is 5.75 Å². The highest BCUT2D eigenvalue weighted by atomic mass is 16.7. The van der Waals surface area contributed by atoms with Gasteiger partial charge in [-0.15, -0.1) is 0 Å². The maximum atomic E-state index is 14.4. The smallest absolute Gasteiger partial charge is 0.339 e. The Hall–Kier alpha value is -5.90. The Balaban J connectivity index is 1.34. The van der Waals surface area contributed by atoms with Crippen molar-refractivity contribution in [2.45, 2.75) is 105 Å². The van der Waals surface area contributed by atoms with Crippen molar-refractivity contribution in [2.24, 2.45) is 16.2 Å². The number of rotatable bonds is 14. The van der Waals surface area contributed by atoms with Crippen molar-refractivity contribution in [3.8, 4) is 5.75 Å². The molecule has 3 heterocycles. The molecule has 0 radical (unpaired) electrons. The number of carbonyl (C=O) groups excluding carboxylic acids is 5. The largest absolute Gasteiger partial charge is 0.490 e. The second-order valence-electron chi connectivity index (χ2n) is 20.1. The molecule has 15 heteroatoms. The number of hydrogen-bond donors (Lipinski definition) is 0. The molecule has 0 N–H and O–H groups in total. The fourth-order valence-corrected chi connectivity index (χ4v) is 7.61. The molecular formula is C52H65N3O12. The third-order valence-electron chi connectivity index (χ3n) is 11.5. The van der Waals surface area contributed by atoms with E-state index in [4.69, 9.17) is 33.2 Å². The Kier molecular flexibility index (Phi) is 16.1. The molecule has 0 saturated carbocycles.